The number of rotatable bonds is 2. The first-order valence-electron chi connectivity index (χ1n) is 9.75. The maximum absolute atomic E-state index is 9.53. The molecule has 2 nitrogen and oxygen atoms in total. The molecule has 0 spiro atoms. The Kier molecular flexibility index (Phi) is 4.08. The summed E-state index contributed by atoms with van der Waals surface area (Å²) in [6.07, 6.45) is 5.60. The van der Waals surface area contributed by atoms with Gasteiger partial charge in [0.15, 0.2) is 0 Å². The summed E-state index contributed by atoms with van der Waals surface area (Å²) in [5.74, 6) is 0.466. The lowest BCUT2D eigenvalue weighted by Crippen LogP contribution is -2.29. The van der Waals surface area contributed by atoms with Gasteiger partial charge in [-0.25, -0.2) is 0 Å². The van der Waals surface area contributed by atoms with Crippen LogP contribution in [0, 0.1) is 0 Å². The second-order valence-corrected chi connectivity index (χ2v) is 7.67. The van der Waals surface area contributed by atoms with Crippen molar-refractivity contribution < 1.29 is 10.0 Å². The first kappa shape index (κ1) is 17.2. The highest BCUT2D eigenvalue weighted by molar-refractivity contribution is 6.58. The summed E-state index contributed by atoms with van der Waals surface area (Å²) >= 11 is 0. The second kappa shape index (κ2) is 6.63. The lowest BCUT2D eigenvalue weighted by molar-refractivity contribution is 0.426. The first-order valence-corrected chi connectivity index (χ1v) is 9.75. The third kappa shape index (κ3) is 2.67. The fourth-order valence-corrected chi connectivity index (χ4v) is 4.52. The minimum Gasteiger partial charge on any atom is -0.423 e. The van der Waals surface area contributed by atoms with E-state index in [1.807, 2.05) is 18.2 Å². The van der Waals surface area contributed by atoms with E-state index >= 15 is 0 Å². The highest BCUT2D eigenvalue weighted by Gasteiger charge is 2.20. The van der Waals surface area contributed by atoms with E-state index < -0.39 is 7.12 Å². The van der Waals surface area contributed by atoms with Gasteiger partial charge in [0.1, 0.15) is 0 Å². The number of benzene rings is 4. The van der Waals surface area contributed by atoms with Crippen LogP contribution in [-0.2, 0) is 0 Å². The van der Waals surface area contributed by atoms with Crippen molar-refractivity contribution in [3.63, 3.8) is 0 Å². The molecule has 0 aromatic heterocycles. The molecule has 4 aromatic carbocycles. The summed E-state index contributed by atoms with van der Waals surface area (Å²) in [7, 11) is -1.46. The molecule has 0 fully saturated rings. The summed E-state index contributed by atoms with van der Waals surface area (Å²) in [4.78, 5) is 0. The highest BCUT2D eigenvalue weighted by atomic mass is 16.4. The molecule has 0 amide bonds. The molecule has 2 N–H and O–H groups in total. The SMILES string of the molecule is CC1CC=Cc2c1c1cc(-c3cccc(B(O)O)c3)ccc1c1ccccc21. The molecule has 1 unspecified atom stereocenters. The molecule has 4 aromatic rings. The summed E-state index contributed by atoms with van der Waals surface area (Å²) < 4.78 is 0. The van der Waals surface area contributed by atoms with Gasteiger partial charge in [0.05, 0.1) is 0 Å². The Bertz CT molecular complexity index is 1240. The van der Waals surface area contributed by atoms with Crippen LogP contribution in [0.1, 0.15) is 30.4 Å². The zero-order chi connectivity index (χ0) is 19.3. The van der Waals surface area contributed by atoms with Gasteiger partial charge >= 0.3 is 7.12 Å². The van der Waals surface area contributed by atoms with Crippen LogP contribution in [0.25, 0.3) is 38.7 Å². The predicted octanol–water partition coefficient (Wildman–Crippen LogP) is 4.86. The molecule has 3 heteroatoms. The predicted molar refractivity (Wildman–Crippen MR) is 119 cm³/mol. The maximum Gasteiger partial charge on any atom is 0.488 e. The van der Waals surface area contributed by atoms with Gasteiger partial charge in [0.2, 0.25) is 0 Å². The third-order valence-electron chi connectivity index (χ3n) is 5.89. The van der Waals surface area contributed by atoms with E-state index in [0.29, 0.717) is 11.4 Å². The van der Waals surface area contributed by atoms with Gasteiger partial charge in [0, 0.05) is 0 Å². The molecule has 0 bridgehead atoms. The number of fused-ring (bicyclic) bond motifs is 6. The summed E-state index contributed by atoms with van der Waals surface area (Å²) in [5, 5.41) is 24.2. The molecule has 1 aliphatic carbocycles. The number of allylic oxidation sites excluding steroid dienone is 1. The smallest absolute Gasteiger partial charge is 0.423 e. The van der Waals surface area contributed by atoms with Crippen molar-refractivity contribution in [1.82, 2.24) is 0 Å². The molecule has 1 atom stereocenters. The van der Waals surface area contributed by atoms with Crippen molar-refractivity contribution in [2.24, 2.45) is 0 Å². The lowest BCUT2D eigenvalue weighted by Gasteiger charge is -2.23. The van der Waals surface area contributed by atoms with Gasteiger partial charge in [-0.15, -0.1) is 0 Å². The van der Waals surface area contributed by atoms with Crippen molar-refractivity contribution >= 4 is 40.2 Å². The third-order valence-corrected chi connectivity index (χ3v) is 5.89. The Labute approximate surface area is 164 Å². The zero-order valence-electron chi connectivity index (χ0n) is 15.8. The minimum absolute atomic E-state index is 0.466. The zero-order valence-corrected chi connectivity index (χ0v) is 15.8. The normalized spacial score (nSPS) is 15.8. The van der Waals surface area contributed by atoms with E-state index in [9.17, 15) is 10.0 Å². The van der Waals surface area contributed by atoms with Crippen molar-refractivity contribution in [1.29, 1.82) is 0 Å². The van der Waals surface area contributed by atoms with Crippen LogP contribution < -0.4 is 5.46 Å². The number of hydrogen-bond acceptors (Lipinski definition) is 2. The maximum atomic E-state index is 9.53. The molecule has 1 aliphatic rings. The monoisotopic (exact) mass is 364 g/mol. The Hall–Kier alpha value is -2.88. The average molecular weight is 364 g/mol. The van der Waals surface area contributed by atoms with Crippen molar-refractivity contribution in [2.75, 3.05) is 0 Å². The van der Waals surface area contributed by atoms with Gasteiger partial charge in [-0.1, -0.05) is 79.7 Å². The molecule has 0 heterocycles. The largest absolute Gasteiger partial charge is 0.488 e. The Morgan fingerprint density at radius 1 is 0.786 bits per heavy atom. The molecule has 136 valence electrons. The Balaban J connectivity index is 1.83. The second-order valence-electron chi connectivity index (χ2n) is 7.67. The van der Waals surface area contributed by atoms with Gasteiger partial charge in [-0.2, -0.15) is 0 Å². The highest BCUT2D eigenvalue weighted by Crippen LogP contribution is 2.42. The quantitative estimate of drug-likeness (QED) is 0.394. The summed E-state index contributed by atoms with van der Waals surface area (Å²) in [6, 6.07) is 22.7. The Morgan fingerprint density at radius 2 is 1.54 bits per heavy atom. The molecule has 28 heavy (non-hydrogen) atoms. The van der Waals surface area contributed by atoms with E-state index in [0.717, 1.165) is 17.5 Å². The van der Waals surface area contributed by atoms with Crippen LogP contribution in [0.5, 0.6) is 0 Å². The van der Waals surface area contributed by atoms with Crippen molar-refractivity contribution in [3.05, 3.63) is 83.9 Å². The van der Waals surface area contributed by atoms with E-state index in [4.69, 9.17) is 0 Å². The molecule has 0 saturated heterocycles. The fourth-order valence-electron chi connectivity index (χ4n) is 4.52. The van der Waals surface area contributed by atoms with E-state index in [1.54, 1.807) is 6.07 Å². The van der Waals surface area contributed by atoms with Crippen molar-refractivity contribution in [3.8, 4) is 11.1 Å². The van der Waals surface area contributed by atoms with Crippen LogP contribution in [0.15, 0.2) is 72.8 Å². The van der Waals surface area contributed by atoms with Gasteiger partial charge in [-0.3, -0.25) is 0 Å². The Morgan fingerprint density at radius 3 is 2.36 bits per heavy atom. The molecular weight excluding hydrogens is 343 g/mol. The molecule has 0 radical (unpaired) electrons. The summed E-state index contributed by atoms with van der Waals surface area (Å²) in [5.41, 5.74) is 5.34. The van der Waals surface area contributed by atoms with E-state index in [-0.39, 0.29) is 0 Å². The molecular formula is C25H21BO2. The van der Waals surface area contributed by atoms with Crippen LogP contribution in [0.2, 0.25) is 0 Å². The summed E-state index contributed by atoms with van der Waals surface area (Å²) in [6.45, 7) is 2.30. The van der Waals surface area contributed by atoms with Gasteiger partial charge < -0.3 is 10.0 Å². The van der Waals surface area contributed by atoms with Crippen LogP contribution in [-0.4, -0.2) is 17.2 Å². The standard InChI is InChI=1S/C25H21BO2/c1-16-6-4-11-23-21-10-3-2-9-20(21)22-13-12-18(15-24(22)25(16)23)17-7-5-8-19(14-17)26(27)28/h2-5,7-16,27-28H,6H2,1H3. The lowest BCUT2D eigenvalue weighted by atomic mass is 9.78. The number of hydrogen-bond donors (Lipinski definition) is 2. The molecule has 5 rings (SSSR count). The van der Waals surface area contributed by atoms with Crippen LogP contribution in [0.3, 0.4) is 0 Å². The van der Waals surface area contributed by atoms with Crippen LogP contribution in [0.4, 0.5) is 0 Å². The molecule has 0 aliphatic heterocycles. The topological polar surface area (TPSA) is 40.5 Å². The fraction of sp³-hybridized carbons (Fsp3) is 0.120. The van der Waals surface area contributed by atoms with Gasteiger partial charge in [-0.05, 0) is 67.7 Å². The van der Waals surface area contributed by atoms with E-state index in [1.165, 1.54) is 32.7 Å². The first-order chi connectivity index (χ1) is 13.6. The minimum atomic E-state index is -1.46. The average Bonchev–Trinajstić information content (AvgIpc) is 2.73. The van der Waals surface area contributed by atoms with Gasteiger partial charge in [0.25, 0.3) is 0 Å². The van der Waals surface area contributed by atoms with Crippen molar-refractivity contribution in [2.45, 2.75) is 19.3 Å². The molecule has 0 saturated carbocycles. The van der Waals surface area contributed by atoms with Crippen LogP contribution >= 0.6 is 0 Å². The van der Waals surface area contributed by atoms with E-state index in [2.05, 4.69) is 61.5 Å².